The molecular formula is C15H33N3. The van der Waals surface area contributed by atoms with Crippen LogP contribution in [0.5, 0.6) is 0 Å². The van der Waals surface area contributed by atoms with Gasteiger partial charge in [-0.25, -0.2) is 0 Å². The Morgan fingerprint density at radius 1 is 1.39 bits per heavy atom. The molecule has 0 bridgehead atoms. The van der Waals surface area contributed by atoms with Crippen LogP contribution in [0.25, 0.3) is 0 Å². The molecule has 1 aliphatic heterocycles. The van der Waals surface area contributed by atoms with Gasteiger partial charge in [-0.2, -0.15) is 0 Å². The van der Waals surface area contributed by atoms with E-state index in [4.69, 9.17) is 0 Å². The monoisotopic (exact) mass is 255 g/mol. The second kappa shape index (κ2) is 6.88. The minimum Gasteiger partial charge on any atom is -0.314 e. The van der Waals surface area contributed by atoms with Crippen LogP contribution in [0.4, 0.5) is 0 Å². The van der Waals surface area contributed by atoms with Gasteiger partial charge in [0.25, 0.3) is 0 Å². The first-order valence-electron chi connectivity index (χ1n) is 7.42. The largest absolute Gasteiger partial charge is 0.314 e. The lowest BCUT2D eigenvalue weighted by atomic mass is 9.91. The van der Waals surface area contributed by atoms with Crippen molar-refractivity contribution >= 4 is 0 Å². The molecule has 0 radical (unpaired) electrons. The third kappa shape index (κ3) is 5.68. The van der Waals surface area contributed by atoms with Gasteiger partial charge in [0.1, 0.15) is 0 Å². The van der Waals surface area contributed by atoms with E-state index in [0.29, 0.717) is 11.5 Å². The molecule has 0 aromatic rings. The Hall–Kier alpha value is -0.120. The molecule has 0 amide bonds. The summed E-state index contributed by atoms with van der Waals surface area (Å²) in [5.41, 5.74) is 0.342. The van der Waals surface area contributed by atoms with Crippen LogP contribution < -0.4 is 5.32 Å². The van der Waals surface area contributed by atoms with Gasteiger partial charge in [-0.15, -0.1) is 0 Å². The molecule has 0 aromatic heterocycles. The van der Waals surface area contributed by atoms with Crippen molar-refractivity contribution in [3.63, 3.8) is 0 Å². The summed E-state index contributed by atoms with van der Waals surface area (Å²) in [6.45, 7) is 13.9. The molecule has 1 fully saturated rings. The number of nitrogens with one attached hydrogen (secondary N) is 1. The van der Waals surface area contributed by atoms with E-state index in [9.17, 15) is 0 Å². The second-order valence-electron chi connectivity index (χ2n) is 7.17. The molecule has 1 saturated heterocycles. The molecule has 1 unspecified atom stereocenters. The van der Waals surface area contributed by atoms with Crippen LogP contribution in [0.2, 0.25) is 0 Å². The summed E-state index contributed by atoms with van der Waals surface area (Å²) in [5, 5.41) is 3.57. The van der Waals surface area contributed by atoms with Gasteiger partial charge in [-0.3, -0.25) is 0 Å². The van der Waals surface area contributed by atoms with E-state index in [2.05, 4.69) is 56.9 Å². The smallest absolute Gasteiger partial charge is 0.0220 e. The van der Waals surface area contributed by atoms with Crippen molar-refractivity contribution in [1.29, 1.82) is 0 Å². The lowest BCUT2D eigenvalue weighted by molar-refractivity contribution is 0.0979. The summed E-state index contributed by atoms with van der Waals surface area (Å²) in [7, 11) is 4.53. The third-order valence-corrected chi connectivity index (χ3v) is 3.89. The molecule has 1 N–H and O–H groups in total. The molecule has 108 valence electrons. The molecule has 3 heteroatoms. The van der Waals surface area contributed by atoms with Crippen LogP contribution in [-0.2, 0) is 0 Å². The van der Waals surface area contributed by atoms with Crippen molar-refractivity contribution in [2.24, 2.45) is 5.41 Å². The Morgan fingerprint density at radius 2 is 2.06 bits per heavy atom. The van der Waals surface area contributed by atoms with Crippen LogP contribution in [0.15, 0.2) is 0 Å². The molecule has 0 spiro atoms. The Labute approximate surface area is 114 Å². The predicted molar refractivity (Wildman–Crippen MR) is 80.1 cm³/mol. The number of hydrogen-bond donors (Lipinski definition) is 1. The molecular weight excluding hydrogens is 222 g/mol. The van der Waals surface area contributed by atoms with Gasteiger partial charge in [0.05, 0.1) is 0 Å². The lowest BCUT2D eigenvalue weighted by Gasteiger charge is -2.40. The van der Waals surface area contributed by atoms with Crippen LogP contribution in [0.1, 0.15) is 40.5 Å². The van der Waals surface area contributed by atoms with Gasteiger partial charge in [0.2, 0.25) is 0 Å². The van der Waals surface area contributed by atoms with E-state index in [0.717, 1.165) is 12.6 Å². The Morgan fingerprint density at radius 3 is 2.61 bits per heavy atom. The van der Waals surface area contributed by atoms with Gasteiger partial charge in [-0.05, 0) is 38.9 Å². The SMILES string of the molecule is CC(C)NCC(C)(C)CN(C)C1CCCN(C)C1. The van der Waals surface area contributed by atoms with Crippen molar-refractivity contribution in [3.8, 4) is 0 Å². The number of hydrogen-bond acceptors (Lipinski definition) is 3. The van der Waals surface area contributed by atoms with Gasteiger partial charge in [0, 0.05) is 31.7 Å². The maximum Gasteiger partial charge on any atom is 0.0220 e. The Kier molecular flexibility index (Phi) is 6.09. The van der Waals surface area contributed by atoms with Crippen molar-refractivity contribution in [2.45, 2.75) is 52.6 Å². The van der Waals surface area contributed by atoms with Crippen molar-refractivity contribution < 1.29 is 0 Å². The van der Waals surface area contributed by atoms with E-state index in [1.165, 1.54) is 32.5 Å². The number of nitrogens with zero attached hydrogens (tertiary/aromatic N) is 2. The molecule has 18 heavy (non-hydrogen) atoms. The fourth-order valence-electron chi connectivity index (χ4n) is 2.84. The Balaban J connectivity index is 2.39. The zero-order chi connectivity index (χ0) is 13.8. The predicted octanol–water partition coefficient (Wildman–Crippen LogP) is 2.04. The first kappa shape index (κ1) is 15.9. The highest BCUT2D eigenvalue weighted by molar-refractivity contribution is 4.83. The first-order valence-corrected chi connectivity index (χ1v) is 7.42. The van der Waals surface area contributed by atoms with E-state index < -0.39 is 0 Å². The fourth-order valence-corrected chi connectivity index (χ4v) is 2.84. The van der Waals surface area contributed by atoms with E-state index >= 15 is 0 Å². The summed E-state index contributed by atoms with van der Waals surface area (Å²) in [6, 6.07) is 1.32. The van der Waals surface area contributed by atoms with Gasteiger partial charge < -0.3 is 15.1 Å². The Bertz CT molecular complexity index is 238. The van der Waals surface area contributed by atoms with Crippen molar-refractivity contribution in [1.82, 2.24) is 15.1 Å². The summed E-state index contributed by atoms with van der Waals surface area (Å²) in [5.74, 6) is 0. The standard InChI is InChI=1S/C15H33N3/c1-13(2)16-11-15(3,4)12-18(6)14-8-7-9-17(5)10-14/h13-14,16H,7-12H2,1-6H3. The average molecular weight is 255 g/mol. The topological polar surface area (TPSA) is 18.5 Å². The van der Waals surface area contributed by atoms with Crippen LogP contribution in [0, 0.1) is 5.41 Å². The number of likely N-dealkylation sites (N-methyl/N-ethyl adjacent to an activating group) is 2. The fraction of sp³-hybridized carbons (Fsp3) is 1.00. The first-order chi connectivity index (χ1) is 8.30. The van der Waals surface area contributed by atoms with Crippen molar-refractivity contribution in [2.75, 3.05) is 40.3 Å². The molecule has 1 rings (SSSR count). The van der Waals surface area contributed by atoms with Crippen LogP contribution in [0.3, 0.4) is 0 Å². The molecule has 0 aliphatic carbocycles. The minimum atomic E-state index is 0.342. The van der Waals surface area contributed by atoms with E-state index in [-0.39, 0.29) is 0 Å². The molecule has 1 aliphatic rings. The molecule has 1 atom stereocenters. The highest BCUT2D eigenvalue weighted by Gasteiger charge is 2.26. The van der Waals surface area contributed by atoms with E-state index in [1.807, 2.05) is 0 Å². The number of rotatable bonds is 6. The highest BCUT2D eigenvalue weighted by atomic mass is 15.2. The van der Waals surface area contributed by atoms with E-state index in [1.54, 1.807) is 0 Å². The number of piperidine rings is 1. The second-order valence-corrected chi connectivity index (χ2v) is 7.17. The molecule has 0 saturated carbocycles. The third-order valence-electron chi connectivity index (χ3n) is 3.89. The summed E-state index contributed by atoms with van der Waals surface area (Å²) in [6.07, 6.45) is 2.70. The van der Waals surface area contributed by atoms with Crippen LogP contribution in [-0.4, -0.2) is 62.2 Å². The average Bonchev–Trinajstić information content (AvgIpc) is 2.26. The summed E-state index contributed by atoms with van der Waals surface area (Å²) in [4.78, 5) is 5.03. The zero-order valence-electron chi connectivity index (χ0n) is 13.3. The lowest BCUT2D eigenvalue weighted by Crippen LogP contribution is -2.49. The molecule has 0 aromatic carbocycles. The summed E-state index contributed by atoms with van der Waals surface area (Å²) < 4.78 is 0. The van der Waals surface area contributed by atoms with Gasteiger partial charge in [0.15, 0.2) is 0 Å². The van der Waals surface area contributed by atoms with Gasteiger partial charge >= 0.3 is 0 Å². The minimum absolute atomic E-state index is 0.342. The molecule has 3 nitrogen and oxygen atoms in total. The van der Waals surface area contributed by atoms with Crippen LogP contribution >= 0.6 is 0 Å². The quantitative estimate of drug-likeness (QED) is 0.783. The zero-order valence-corrected chi connectivity index (χ0v) is 13.3. The maximum atomic E-state index is 3.57. The number of likely N-dealkylation sites (tertiary alicyclic amines) is 1. The maximum absolute atomic E-state index is 3.57. The van der Waals surface area contributed by atoms with Gasteiger partial charge in [-0.1, -0.05) is 27.7 Å². The molecule has 1 heterocycles. The van der Waals surface area contributed by atoms with Crippen molar-refractivity contribution in [3.05, 3.63) is 0 Å². The normalized spacial score (nSPS) is 23.0. The summed E-state index contributed by atoms with van der Waals surface area (Å²) >= 11 is 0. The highest BCUT2D eigenvalue weighted by Crippen LogP contribution is 2.20.